The number of carbonyl (C=O) groups is 1. The molecule has 0 aromatic heterocycles. The first kappa shape index (κ1) is 22.4. The average molecular weight is 470 g/mol. The molecule has 0 spiro atoms. The maximum absolute atomic E-state index is 12.5. The van der Waals surface area contributed by atoms with Crippen molar-refractivity contribution in [3.8, 4) is 5.75 Å². The fourth-order valence-electron chi connectivity index (χ4n) is 2.57. The van der Waals surface area contributed by atoms with Crippen LogP contribution < -0.4 is 10.1 Å². The van der Waals surface area contributed by atoms with Gasteiger partial charge >= 0.3 is 0 Å². The van der Waals surface area contributed by atoms with Gasteiger partial charge in [-0.05, 0) is 36.9 Å². The van der Waals surface area contributed by atoms with E-state index in [0.717, 1.165) is 14.3 Å². The third-order valence-electron chi connectivity index (χ3n) is 4.02. The van der Waals surface area contributed by atoms with Gasteiger partial charge in [0, 0.05) is 30.8 Å². The van der Waals surface area contributed by atoms with Gasteiger partial charge in [0.2, 0.25) is 15.9 Å². The van der Waals surface area contributed by atoms with Gasteiger partial charge in [-0.2, -0.15) is 0 Å². The minimum atomic E-state index is -3.71. The maximum atomic E-state index is 12.5. The van der Waals surface area contributed by atoms with E-state index in [1.807, 2.05) is 36.2 Å². The summed E-state index contributed by atoms with van der Waals surface area (Å²) in [6, 6.07) is 12.4. The van der Waals surface area contributed by atoms with E-state index >= 15 is 0 Å². The van der Waals surface area contributed by atoms with Gasteiger partial charge in [-0.25, -0.2) is 12.7 Å². The molecule has 0 aliphatic rings. The highest BCUT2D eigenvalue weighted by Crippen LogP contribution is 2.28. The number of nitrogens with one attached hydrogen (secondary N) is 1. The lowest BCUT2D eigenvalue weighted by Gasteiger charge is -2.18. The number of hydrogen-bond acceptors (Lipinski definition) is 5. The quantitative estimate of drug-likeness (QED) is 0.642. The van der Waals surface area contributed by atoms with Crippen LogP contribution >= 0.6 is 15.9 Å². The topological polar surface area (TPSA) is 79.0 Å². The maximum Gasteiger partial charge on any atom is 0.246 e. The molecule has 0 bridgehead atoms. The summed E-state index contributed by atoms with van der Waals surface area (Å²) in [5.74, 6) is -0.0225. The lowest BCUT2D eigenvalue weighted by Crippen LogP contribution is -2.30. The van der Waals surface area contributed by atoms with E-state index in [4.69, 9.17) is 4.74 Å². The summed E-state index contributed by atoms with van der Waals surface area (Å²) in [4.78, 5) is 14.3. The molecule has 2 aromatic carbocycles. The van der Waals surface area contributed by atoms with E-state index in [0.29, 0.717) is 12.2 Å². The Morgan fingerprint density at radius 2 is 1.82 bits per heavy atom. The van der Waals surface area contributed by atoms with E-state index in [-0.39, 0.29) is 23.1 Å². The number of benzene rings is 2. The number of rotatable bonds is 8. The van der Waals surface area contributed by atoms with Gasteiger partial charge in [-0.1, -0.05) is 34.1 Å². The molecule has 2 rings (SSSR count). The molecule has 1 N–H and O–H groups in total. The average Bonchev–Trinajstić information content (AvgIpc) is 2.63. The Kier molecular flexibility index (Phi) is 7.59. The lowest BCUT2D eigenvalue weighted by atomic mass is 10.2. The number of hydrogen-bond donors (Lipinski definition) is 1. The normalized spacial score (nSPS) is 11.7. The van der Waals surface area contributed by atoms with Crippen LogP contribution in [0.3, 0.4) is 0 Å². The molecule has 0 radical (unpaired) electrons. The molecule has 0 heterocycles. The van der Waals surface area contributed by atoms with Gasteiger partial charge in [-0.15, -0.1) is 0 Å². The van der Waals surface area contributed by atoms with E-state index in [1.165, 1.54) is 33.3 Å². The molecule has 0 saturated carbocycles. The predicted molar refractivity (Wildman–Crippen MR) is 113 cm³/mol. The smallest absolute Gasteiger partial charge is 0.246 e. The fraction of sp³-hybridized carbons (Fsp3) is 0.316. The van der Waals surface area contributed by atoms with Crippen LogP contribution in [0.4, 0.5) is 5.69 Å². The van der Waals surface area contributed by atoms with E-state index < -0.39 is 10.0 Å². The second-order valence-electron chi connectivity index (χ2n) is 6.46. The number of sulfonamides is 1. The second kappa shape index (κ2) is 9.51. The number of nitrogens with zero attached hydrogens (tertiary/aromatic N) is 2. The molecule has 28 heavy (non-hydrogen) atoms. The number of halogens is 1. The summed E-state index contributed by atoms with van der Waals surface area (Å²) >= 11 is 3.50. The van der Waals surface area contributed by atoms with Crippen molar-refractivity contribution in [2.45, 2.75) is 11.4 Å². The van der Waals surface area contributed by atoms with Crippen LogP contribution in [0.2, 0.25) is 0 Å². The number of amides is 1. The van der Waals surface area contributed by atoms with E-state index in [2.05, 4.69) is 21.2 Å². The van der Waals surface area contributed by atoms with Crippen molar-refractivity contribution in [2.24, 2.45) is 0 Å². The van der Waals surface area contributed by atoms with E-state index in [1.54, 1.807) is 6.07 Å². The first-order valence-corrected chi connectivity index (χ1v) is 10.7. The first-order chi connectivity index (χ1) is 13.1. The molecule has 0 aliphatic heterocycles. The Labute approximate surface area is 174 Å². The summed E-state index contributed by atoms with van der Waals surface area (Å²) in [7, 11) is 2.42. The van der Waals surface area contributed by atoms with Crippen LogP contribution in [0.1, 0.15) is 5.56 Å². The van der Waals surface area contributed by atoms with Crippen LogP contribution in [-0.4, -0.2) is 58.3 Å². The Bertz CT molecular complexity index is 948. The van der Waals surface area contributed by atoms with Crippen LogP contribution in [0.15, 0.2) is 51.8 Å². The predicted octanol–water partition coefficient (Wildman–Crippen LogP) is 2.78. The third-order valence-corrected chi connectivity index (χ3v) is 6.63. The molecule has 152 valence electrons. The number of anilines is 1. The first-order valence-electron chi connectivity index (χ1n) is 8.47. The van der Waals surface area contributed by atoms with Crippen LogP contribution in [0.5, 0.6) is 5.75 Å². The van der Waals surface area contributed by atoms with Crippen molar-refractivity contribution in [3.63, 3.8) is 0 Å². The standard InChI is InChI=1S/C19H24BrN3O4S/c1-22(2)28(25,26)18-11-15(9-10-17(18)27-4)21-19(24)13-23(3)12-14-7-5-6-8-16(14)20/h5-11H,12-13H2,1-4H3,(H,21,24). The summed E-state index contributed by atoms with van der Waals surface area (Å²) in [6.07, 6.45) is 0. The molecule has 0 saturated heterocycles. The van der Waals surface area contributed by atoms with Crippen molar-refractivity contribution >= 4 is 37.5 Å². The Balaban J connectivity index is 2.10. The molecule has 1 amide bonds. The lowest BCUT2D eigenvalue weighted by molar-refractivity contribution is -0.117. The van der Waals surface area contributed by atoms with E-state index in [9.17, 15) is 13.2 Å². The summed E-state index contributed by atoms with van der Waals surface area (Å²) in [5, 5.41) is 2.75. The number of methoxy groups -OCH3 is 1. The minimum absolute atomic E-state index is 0.000583. The SMILES string of the molecule is COc1ccc(NC(=O)CN(C)Cc2ccccc2Br)cc1S(=O)(=O)N(C)C. The molecule has 7 nitrogen and oxygen atoms in total. The molecule has 0 fully saturated rings. The van der Waals surface area contributed by atoms with Gasteiger partial charge < -0.3 is 10.1 Å². The zero-order valence-electron chi connectivity index (χ0n) is 16.3. The number of ether oxygens (including phenoxy) is 1. The van der Waals surface area contributed by atoms with Gasteiger partial charge in [0.05, 0.1) is 13.7 Å². The third kappa shape index (κ3) is 5.54. The molecule has 0 aliphatic carbocycles. The van der Waals surface area contributed by atoms with Gasteiger partial charge in [0.15, 0.2) is 0 Å². The summed E-state index contributed by atoms with van der Waals surface area (Å²) in [5.41, 5.74) is 1.46. The Hall–Kier alpha value is -1.94. The molecular weight excluding hydrogens is 446 g/mol. The summed E-state index contributed by atoms with van der Waals surface area (Å²) in [6.45, 7) is 0.751. The molecule has 9 heteroatoms. The van der Waals surface area contributed by atoms with Crippen LogP contribution in [0.25, 0.3) is 0 Å². The molecule has 2 aromatic rings. The van der Waals surface area contributed by atoms with Gasteiger partial charge in [-0.3, -0.25) is 9.69 Å². The fourth-order valence-corrected chi connectivity index (χ4v) is 4.06. The minimum Gasteiger partial charge on any atom is -0.495 e. The monoisotopic (exact) mass is 469 g/mol. The zero-order chi connectivity index (χ0) is 20.9. The van der Waals surface area contributed by atoms with Crippen molar-refractivity contribution < 1.29 is 17.9 Å². The van der Waals surface area contributed by atoms with Crippen molar-refractivity contribution in [3.05, 3.63) is 52.5 Å². The molecular formula is C19H24BrN3O4S. The van der Waals surface area contributed by atoms with Crippen molar-refractivity contribution in [1.82, 2.24) is 9.21 Å². The number of carbonyl (C=O) groups excluding carboxylic acids is 1. The Morgan fingerprint density at radius 3 is 2.43 bits per heavy atom. The number of likely N-dealkylation sites (N-methyl/N-ethyl adjacent to an activating group) is 1. The van der Waals surface area contributed by atoms with Crippen LogP contribution in [0, 0.1) is 0 Å². The zero-order valence-corrected chi connectivity index (χ0v) is 18.7. The largest absolute Gasteiger partial charge is 0.495 e. The Morgan fingerprint density at radius 1 is 1.14 bits per heavy atom. The molecule has 0 unspecified atom stereocenters. The van der Waals surface area contributed by atoms with Gasteiger partial charge in [0.1, 0.15) is 10.6 Å². The van der Waals surface area contributed by atoms with Crippen LogP contribution in [-0.2, 0) is 21.4 Å². The van der Waals surface area contributed by atoms with Crippen molar-refractivity contribution in [2.75, 3.05) is 40.1 Å². The highest BCUT2D eigenvalue weighted by atomic mass is 79.9. The summed E-state index contributed by atoms with van der Waals surface area (Å²) < 4.78 is 32.2. The van der Waals surface area contributed by atoms with Crippen molar-refractivity contribution in [1.29, 1.82) is 0 Å². The molecule has 0 atom stereocenters. The highest BCUT2D eigenvalue weighted by molar-refractivity contribution is 9.10. The highest BCUT2D eigenvalue weighted by Gasteiger charge is 2.23. The van der Waals surface area contributed by atoms with Gasteiger partial charge in [0.25, 0.3) is 0 Å². The second-order valence-corrected chi connectivity index (χ2v) is 9.44.